The zero-order valence-corrected chi connectivity index (χ0v) is 14.6. The molecule has 1 aromatic carbocycles. The van der Waals surface area contributed by atoms with Crippen LogP contribution in [0.3, 0.4) is 0 Å². The lowest BCUT2D eigenvalue weighted by Gasteiger charge is -2.43. The first kappa shape index (κ1) is 14.6. The molecule has 0 aromatic heterocycles. The first-order valence-electron chi connectivity index (χ1n) is 9.74. The molecule has 2 aliphatic carbocycles. The maximum atomic E-state index is 4.24. The fourth-order valence-corrected chi connectivity index (χ4v) is 5.90. The fourth-order valence-electron chi connectivity index (χ4n) is 5.90. The summed E-state index contributed by atoms with van der Waals surface area (Å²) < 4.78 is 0. The summed E-state index contributed by atoms with van der Waals surface area (Å²) in [6.45, 7) is 6.67. The highest BCUT2D eigenvalue weighted by Gasteiger charge is 2.54. The van der Waals surface area contributed by atoms with Gasteiger partial charge >= 0.3 is 0 Å². The summed E-state index contributed by atoms with van der Waals surface area (Å²) in [5.41, 5.74) is 6.48. The minimum Gasteiger partial charge on any atom is -0.382 e. The van der Waals surface area contributed by atoms with E-state index in [2.05, 4.69) is 47.3 Å². The average Bonchev–Trinajstić information content (AvgIpc) is 3.29. The molecule has 0 amide bonds. The van der Waals surface area contributed by atoms with Crippen LogP contribution in [0.2, 0.25) is 0 Å². The smallest absolute Gasteiger partial charge is 0.0554 e. The Morgan fingerprint density at radius 3 is 2.67 bits per heavy atom. The van der Waals surface area contributed by atoms with Gasteiger partial charge in [-0.2, -0.15) is 0 Å². The van der Waals surface area contributed by atoms with Gasteiger partial charge in [-0.1, -0.05) is 36.4 Å². The molecule has 2 atom stereocenters. The van der Waals surface area contributed by atoms with Crippen LogP contribution < -0.4 is 5.32 Å². The van der Waals surface area contributed by atoms with E-state index in [1.165, 1.54) is 57.3 Å². The van der Waals surface area contributed by atoms with Gasteiger partial charge in [0.15, 0.2) is 0 Å². The number of benzene rings is 1. The molecular formula is C22H28N2. The number of fused-ring (bicyclic) bond motifs is 5. The summed E-state index contributed by atoms with van der Waals surface area (Å²) in [6.07, 6.45) is 11.7. The topological polar surface area (TPSA) is 15.3 Å². The lowest BCUT2D eigenvalue weighted by molar-refractivity contribution is 0.151. The first-order valence-corrected chi connectivity index (χ1v) is 9.74. The zero-order chi connectivity index (χ0) is 16.1. The molecule has 1 N–H and O–H groups in total. The van der Waals surface area contributed by atoms with Crippen molar-refractivity contribution in [1.82, 2.24) is 10.2 Å². The van der Waals surface area contributed by atoms with E-state index < -0.39 is 0 Å². The van der Waals surface area contributed by atoms with E-state index in [-0.39, 0.29) is 0 Å². The van der Waals surface area contributed by atoms with E-state index in [0.717, 1.165) is 6.42 Å². The predicted molar refractivity (Wildman–Crippen MR) is 98.6 cm³/mol. The van der Waals surface area contributed by atoms with Crippen molar-refractivity contribution in [3.05, 3.63) is 59.4 Å². The van der Waals surface area contributed by atoms with E-state index >= 15 is 0 Å². The molecule has 24 heavy (non-hydrogen) atoms. The lowest BCUT2D eigenvalue weighted by Crippen LogP contribution is -2.43. The minimum atomic E-state index is 0.373. The van der Waals surface area contributed by atoms with Crippen molar-refractivity contribution in [2.75, 3.05) is 13.1 Å². The third-order valence-electron chi connectivity index (χ3n) is 7.07. The predicted octanol–water partition coefficient (Wildman–Crippen LogP) is 4.66. The maximum absolute atomic E-state index is 4.24. The molecule has 4 aliphatic rings. The molecule has 2 aliphatic heterocycles. The number of rotatable bonds is 1. The van der Waals surface area contributed by atoms with Crippen molar-refractivity contribution in [2.24, 2.45) is 5.92 Å². The van der Waals surface area contributed by atoms with Crippen molar-refractivity contribution >= 4 is 0 Å². The third kappa shape index (κ3) is 2.08. The van der Waals surface area contributed by atoms with Gasteiger partial charge in [-0.3, -0.25) is 0 Å². The SMILES string of the molecule is C=C1CC2C(N1)c1ccccc1C21CCN(C=C2CCCC2)CC1. The highest BCUT2D eigenvalue weighted by molar-refractivity contribution is 5.47. The quantitative estimate of drug-likeness (QED) is 0.810. The maximum Gasteiger partial charge on any atom is 0.0554 e. The van der Waals surface area contributed by atoms with E-state index in [1.54, 1.807) is 16.7 Å². The zero-order valence-electron chi connectivity index (χ0n) is 14.6. The second-order valence-corrected chi connectivity index (χ2v) is 8.31. The van der Waals surface area contributed by atoms with E-state index in [1.807, 2.05) is 0 Å². The summed E-state index contributed by atoms with van der Waals surface area (Å²) in [5.74, 6) is 0.712. The fraction of sp³-hybridized carbons (Fsp3) is 0.545. The summed E-state index contributed by atoms with van der Waals surface area (Å²) in [6, 6.07) is 9.71. The Labute approximate surface area is 145 Å². The molecule has 5 rings (SSSR count). The highest BCUT2D eigenvalue weighted by atomic mass is 15.1. The van der Waals surface area contributed by atoms with Crippen molar-refractivity contribution in [3.8, 4) is 0 Å². The number of nitrogens with one attached hydrogen (secondary N) is 1. The molecule has 0 radical (unpaired) electrons. The van der Waals surface area contributed by atoms with Crippen LogP contribution in [0.25, 0.3) is 0 Å². The monoisotopic (exact) mass is 320 g/mol. The van der Waals surface area contributed by atoms with Gasteiger partial charge in [-0.25, -0.2) is 0 Å². The Bertz CT molecular complexity index is 686. The molecule has 1 aromatic rings. The van der Waals surface area contributed by atoms with Gasteiger partial charge in [0.1, 0.15) is 0 Å². The Hall–Kier alpha value is -1.70. The molecule has 2 unspecified atom stereocenters. The Morgan fingerprint density at radius 2 is 1.88 bits per heavy atom. The van der Waals surface area contributed by atoms with Gasteiger partial charge in [0.05, 0.1) is 6.04 Å². The van der Waals surface area contributed by atoms with Gasteiger partial charge in [0.25, 0.3) is 0 Å². The van der Waals surface area contributed by atoms with Crippen molar-refractivity contribution in [3.63, 3.8) is 0 Å². The Balaban J connectivity index is 1.43. The van der Waals surface area contributed by atoms with E-state index in [4.69, 9.17) is 0 Å². The number of nitrogens with zero attached hydrogens (tertiary/aromatic N) is 1. The summed E-state index contributed by atoms with van der Waals surface area (Å²) >= 11 is 0. The number of hydrogen-bond donors (Lipinski definition) is 1. The lowest BCUT2D eigenvalue weighted by atomic mass is 9.67. The molecule has 2 heterocycles. The van der Waals surface area contributed by atoms with Gasteiger partial charge in [0.2, 0.25) is 0 Å². The summed E-state index contributed by atoms with van der Waals surface area (Å²) in [5, 5.41) is 3.69. The number of likely N-dealkylation sites (tertiary alicyclic amines) is 1. The van der Waals surface area contributed by atoms with Crippen molar-refractivity contribution < 1.29 is 0 Å². The summed E-state index contributed by atoms with van der Waals surface area (Å²) in [7, 11) is 0. The molecule has 3 fully saturated rings. The van der Waals surface area contributed by atoms with Gasteiger partial charge in [0, 0.05) is 24.2 Å². The van der Waals surface area contributed by atoms with Crippen LogP contribution in [0.15, 0.2) is 48.3 Å². The standard InChI is InChI=1S/C22H28N2/c1-16-14-20-21(23-16)18-8-4-5-9-19(18)22(20)10-12-24(13-11-22)15-17-6-2-3-7-17/h4-5,8-9,15,20-21,23H,1-3,6-7,10-14H2. The first-order chi connectivity index (χ1) is 11.8. The second kappa shape index (κ2) is 5.40. The minimum absolute atomic E-state index is 0.373. The molecule has 2 saturated heterocycles. The van der Waals surface area contributed by atoms with Crippen LogP contribution in [0.4, 0.5) is 0 Å². The largest absolute Gasteiger partial charge is 0.382 e. The highest BCUT2D eigenvalue weighted by Crippen LogP contribution is 2.59. The van der Waals surface area contributed by atoms with Gasteiger partial charge in [-0.05, 0) is 68.2 Å². The number of piperidine rings is 1. The van der Waals surface area contributed by atoms with Crippen LogP contribution in [0, 0.1) is 5.92 Å². The van der Waals surface area contributed by atoms with Crippen molar-refractivity contribution in [2.45, 2.75) is 56.4 Å². The van der Waals surface area contributed by atoms with Crippen LogP contribution in [-0.4, -0.2) is 18.0 Å². The van der Waals surface area contributed by atoms with Crippen LogP contribution in [-0.2, 0) is 5.41 Å². The molecule has 0 bridgehead atoms. The molecular weight excluding hydrogens is 292 g/mol. The van der Waals surface area contributed by atoms with Crippen LogP contribution in [0.5, 0.6) is 0 Å². The molecule has 1 saturated carbocycles. The molecule has 2 nitrogen and oxygen atoms in total. The Kier molecular flexibility index (Phi) is 3.29. The average molecular weight is 320 g/mol. The third-order valence-corrected chi connectivity index (χ3v) is 7.07. The van der Waals surface area contributed by atoms with Gasteiger partial charge < -0.3 is 10.2 Å². The van der Waals surface area contributed by atoms with Crippen molar-refractivity contribution in [1.29, 1.82) is 0 Å². The number of hydrogen-bond acceptors (Lipinski definition) is 2. The molecule has 126 valence electrons. The van der Waals surface area contributed by atoms with E-state index in [0.29, 0.717) is 17.4 Å². The van der Waals surface area contributed by atoms with Crippen LogP contribution >= 0.6 is 0 Å². The van der Waals surface area contributed by atoms with Crippen LogP contribution in [0.1, 0.15) is 62.1 Å². The number of allylic oxidation sites excluding steroid dienone is 2. The Morgan fingerprint density at radius 1 is 1.12 bits per heavy atom. The summed E-state index contributed by atoms with van der Waals surface area (Å²) in [4.78, 5) is 2.61. The van der Waals surface area contributed by atoms with E-state index in [9.17, 15) is 0 Å². The van der Waals surface area contributed by atoms with Gasteiger partial charge in [-0.15, -0.1) is 0 Å². The molecule has 2 heteroatoms. The normalized spacial score (nSPS) is 30.4. The second-order valence-electron chi connectivity index (χ2n) is 8.31. The molecule has 1 spiro atoms.